The summed E-state index contributed by atoms with van der Waals surface area (Å²) < 4.78 is 16.7. The molecule has 0 N–H and O–H groups in total. The first kappa shape index (κ1) is 24.7. The van der Waals surface area contributed by atoms with Crippen molar-refractivity contribution in [3.63, 3.8) is 0 Å². The van der Waals surface area contributed by atoms with Gasteiger partial charge in [-0.05, 0) is 74.6 Å². The standard InChI is InChI=1S/C27H29ClO5/c1-8-17-9-10-19(18-11-13-20(28)14-12-18)15-21(17)22-23(32-25(30)27(5,6)31-7)16(2)33-26(3,4)24(22)29/h9-15H,2,8H2,1,3-7H3. The van der Waals surface area contributed by atoms with Crippen LogP contribution in [0.2, 0.25) is 5.02 Å². The molecular weight excluding hydrogens is 440 g/mol. The van der Waals surface area contributed by atoms with Gasteiger partial charge in [0.05, 0.1) is 5.57 Å². The first-order valence-electron chi connectivity index (χ1n) is 10.7. The first-order valence-corrected chi connectivity index (χ1v) is 11.1. The third-order valence-electron chi connectivity index (χ3n) is 5.77. The lowest BCUT2D eigenvalue weighted by Crippen LogP contribution is -2.42. The summed E-state index contributed by atoms with van der Waals surface area (Å²) in [5.74, 6) is -0.816. The van der Waals surface area contributed by atoms with Crippen molar-refractivity contribution in [2.45, 2.75) is 52.2 Å². The summed E-state index contributed by atoms with van der Waals surface area (Å²) in [6.45, 7) is 12.5. The van der Waals surface area contributed by atoms with E-state index in [4.69, 9.17) is 25.8 Å². The Morgan fingerprint density at radius 1 is 1.12 bits per heavy atom. The van der Waals surface area contributed by atoms with Gasteiger partial charge in [0.1, 0.15) is 0 Å². The molecule has 0 aliphatic carbocycles. The minimum absolute atomic E-state index is 0.0115. The van der Waals surface area contributed by atoms with Crippen LogP contribution in [0.1, 0.15) is 45.7 Å². The maximum Gasteiger partial charge on any atom is 0.343 e. The molecule has 174 valence electrons. The van der Waals surface area contributed by atoms with Crippen LogP contribution in [0.5, 0.6) is 0 Å². The number of carbonyl (C=O) groups excluding carboxylic acids is 2. The Bertz CT molecular complexity index is 1140. The number of methoxy groups -OCH3 is 1. The largest absolute Gasteiger partial charge is 0.476 e. The maximum atomic E-state index is 13.6. The number of ketones is 1. The smallest absolute Gasteiger partial charge is 0.343 e. The molecule has 0 saturated heterocycles. The number of hydrogen-bond donors (Lipinski definition) is 0. The topological polar surface area (TPSA) is 61.8 Å². The van der Waals surface area contributed by atoms with Gasteiger partial charge in [-0.15, -0.1) is 0 Å². The second kappa shape index (κ2) is 9.16. The molecule has 1 aliphatic heterocycles. The molecular formula is C27H29ClO5. The van der Waals surface area contributed by atoms with Gasteiger partial charge < -0.3 is 14.2 Å². The van der Waals surface area contributed by atoms with Crippen molar-refractivity contribution < 1.29 is 23.8 Å². The van der Waals surface area contributed by atoms with E-state index in [2.05, 4.69) is 6.58 Å². The number of halogens is 1. The Morgan fingerprint density at radius 3 is 2.30 bits per heavy atom. The SMILES string of the molecule is C=C1OC(C)(C)C(=O)C(c2cc(-c3ccc(Cl)cc3)ccc2CC)=C1OC(=O)C(C)(C)OC. The van der Waals surface area contributed by atoms with Crippen molar-refractivity contribution >= 4 is 28.9 Å². The second-order valence-corrected chi connectivity index (χ2v) is 9.34. The van der Waals surface area contributed by atoms with Gasteiger partial charge in [0.2, 0.25) is 5.78 Å². The molecule has 0 amide bonds. The maximum absolute atomic E-state index is 13.6. The number of ether oxygens (including phenoxy) is 3. The van der Waals surface area contributed by atoms with Gasteiger partial charge >= 0.3 is 5.97 Å². The van der Waals surface area contributed by atoms with E-state index >= 15 is 0 Å². The van der Waals surface area contributed by atoms with Crippen LogP contribution in [0.3, 0.4) is 0 Å². The average Bonchev–Trinajstić information content (AvgIpc) is 2.77. The van der Waals surface area contributed by atoms with Crippen molar-refractivity contribution in [3.05, 3.63) is 76.7 Å². The number of esters is 1. The highest BCUT2D eigenvalue weighted by Crippen LogP contribution is 2.40. The Hall–Kier alpha value is -2.89. The van der Waals surface area contributed by atoms with Gasteiger partial charge in [-0.2, -0.15) is 0 Å². The molecule has 0 fully saturated rings. The molecule has 0 saturated carbocycles. The summed E-state index contributed by atoms with van der Waals surface area (Å²) >= 11 is 6.05. The summed E-state index contributed by atoms with van der Waals surface area (Å²) in [5, 5.41) is 0.638. The van der Waals surface area contributed by atoms with E-state index in [1.165, 1.54) is 7.11 Å². The molecule has 3 rings (SSSR count). The van der Waals surface area contributed by atoms with Gasteiger partial charge in [-0.1, -0.05) is 49.4 Å². The Labute approximate surface area is 200 Å². The molecule has 0 spiro atoms. The fourth-order valence-electron chi connectivity index (χ4n) is 3.54. The lowest BCUT2D eigenvalue weighted by Gasteiger charge is -2.34. The lowest BCUT2D eigenvalue weighted by atomic mass is 9.84. The third-order valence-corrected chi connectivity index (χ3v) is 6.02. The van der Waals surface area contributed by atoms with E-state index in [1.807, 2.05) is 49.4 Å². The van der Waals surface area contributed by atoms with E-state index in [0.29, 0.717) is 17.0 Å². The van der Waals surface area contributed by atoms with Crippen LogP contribution in [-0.2, 0) is 30.2 Å². The number of aryl methyl sites for hydroxylation is 1. The molecule has 0 radical (unpaired) electrons. The van der Waals surface area contributed by atoms with E-state index < -0.39 is 17.2 Å². The number of hydrogen-bond acceptors (Lipinski definition) is 5. The zero-order chi connectivity index (χ0) is 24.6. The predicted octanol–water partition coefficient (Wildman–Crippen LogP) is 6.14. The number of rotatable bonds is 6. The number of carbonyl (C=O) groups is 2. The minimum Gasteiger partial charge on any atom is -0.476 e. The Morgan fingerprint density at radius 2 is 1.73 bits per heavy atom. The van der Waals surface area contributed by atoms with E-state index in [9.17, 15) is 9.59 Å². The van der Waals surface area contributed by atoms with Crippen LogP contribution in [0.4, 0.5) is 0 Å². The molecule has 33 heavy (non-hydrogen) atoms. The third kappa shape index (κ3) is 4.90. The van der Waals surface area contributed by atoms with Crippen molar-refractivity contribution in [1.82, 2.24) is 0 Å². The predicted molar refractivity (Wildman–Crippen MR) is 130 cm³/mol. The fraction of sp³-hybridized carbons (Fsp3) is 0.333. The minimum atomic E-state index is -1.22. The van der Waals surface area contributed by atoms with E-state index in [1.54, 1.807) is 27.7 Å². The van der Waals surface area contributed by atoms with Crippen LogP contribution in [0.25, 0.3) is 16.7 Å². The highest BCUT2D eigenvalue weighted by Gasteiger charge is 2.44. The zero-order valence-corrected chi connectivity index (χ0v) is 20.6. The van der Waals surface area contributed by atoms with Crippen LogP contribution < -0.4 is 0 Å². The van der Waals surface area contributed by atoms with Crippen molar-refractivity contribution in [3.8, 4) is 11.1 Å². The Kier molecular flexibility index (Phi) is 6.87. The van der Waals surface area contributed by atoms with Crippen LogP contribution in [0.15, 0.2) is 60.6 Å². The molecule has 6 heteroatoms. The van der Waals surface area contributed by atoms with Gasteiger partial charge in [-0.25, -0.2) is 4.79 Å². The van der Waals surface area contributed by atoms with E-state index in [-0.39, 0.29) is 22.9 Å². The Balaban J connectivity index is 2.25. The first-order chi connectivity index (χ1) is 15.4. The molecule has 0 bridgehead atoms. The molecule has 0 unspecified atom stereocenters. The zero-order valence-electron chi connectivity index (χ0n) is 19.9. The normalized spacial score (nSPS) is 16.0. The second-order valence-electron chi connectivity index (χ2n) is 8.91. The summed E-state index contributed by atoms with van der Waals surface area (Å²) in [7, 11) is 1.42. The van der Waals surface area contributed by atoms with Gasteiger partial charge in [0, 0.05) is 12.1 Å². The monoisotopic (exact) mass is 468 g/mol. The van der Waals surface area contributed by atoms with Gasteiger partial charge in [0.15, 0.2) is 22.7 Å². The molecule has 2 aromatic rings. The van der Waals surface area contributed by atoms with Crippen molar-refractivity contribution in [1.29, 1.82) is 0 Å². The lowest BCUT2D eigenvalue weighted by molar-refractivity contribution is -0.161. The van der Waals surface area contributed by atoms with Crippen LogP contribution >= 0.6 is 11.6 Å². The number of benzene rings is 2. The summed E-state index contributed by atoms with van der Waals surface area (Å²) in [6.07, 6.45) is 0.672. The molecule has 5 nitrogen and oxygen atoms in total. The van der Waals surface area contributed by atoms with Crippen LogP contribution in [0, 0.1) is 0 Å². The van der Waals surface area contributed by atoms with Gasteiger partial charge in [0.25, 0.3) is 0 Å². The molecule has 0 atom stereocenters. The molecule has 0 aromatic heterocycles. The van der Waals surface area contributed by atoms with Crippen molar-refractivity contribution in [2.24, 2.45) is 0 Å². The highest BCUT2D eigenvalue weighted by atomic mass is 35.5. The fourth-order valence-corrected chi connectivity index (χ4v) is 3.66. The molecule has 2 aromatic carbocycles. The quantitative estimate of drug-likeness (QED) is 0.476. The van der Waals surface area contributed by atoms with Crippen LogP contribution in [-0.4, -0.2) is 30.1 Å². The summed E-state index contributed by atoms with van der Waals surface area (Å²) in [4.78, 5) is 26.4. The summed E-state index contributed by atoms with van der Waals surface area (Å²) in [6, 6.07) is 13.4. The summed E-state index contributed by atoms with van der Waals surface area (Å²) in [5.41, 5.74) is 1.33. The van der Waals surface area contributed by atoms with Gasteiger partial charge in [-0.3, -0.25) is 4.79 Å². The number of Topliss-reactive ketones (excluding diaryl/α,β-unsaturated/α-hetero) is 1. The highest BCUT2D eigenvalue weighted by molar-refractivity contribution is 6.30. The van der Waals surface area contributed by atoms with E-state index in [0.717, 1.165) is 16.7 Å². The molecule has 1 heterocycles. The van der Waals surface area contributed by atoms with Crippen molar-refractivity contribution in [2.75, 3.05) is 7.11 Å². The average molecular weight is 469 g/mol. The molecule has 1 aliphatic rings.